The van der Waals surface area contributed by atoms with Crippen LogP contribution in [0.1, 0.15) is 16.9 Å². The summed E-state index contributed by atoms with van der Waals surface area (Å²) >= 11 is 0. The Morgan fingerprint density at radius 1 is 1.15 bits per heavy atom. The van der Waals surface area contributed by atoms with Gasteiger partial charge in [0.25, 0.3) is 5.91 Å². The topological polar surface area (TPSA) is 186 Å². The van der Waals surface area contributed by atoms with Gasteiger partial charge in [0.05, 0.1) is 5.84 Å². The van der Waals surface area contributed by atoms with Crippen LogP contribution in [-0.2, 0) is 7.05 Å². The number of nitrogen functional groups attached to an aromatic ring is 1. The molecule has 3 aromatic rings. The minimum atomic E-state index is -0.523. The highest BCUT2D eigenvalue weighted by Gasteiger charge is 2.21. The van der Waals surface area contributed by atoms with E-state index in [1.54, 1.807) is 20.2 Å². The molecule has 0 bridgehead atoms. The molecule has 33 heavy (non-hydrogen) atoms. The van der Waals surface area contributed by atoms with Gasteiger partial charge in [0, 0.05) is 70.5 Å². The van der Waals surface area contributed by atoms with Gasteiger partial charge in [-0.1, -0.05) is 0 Å². The van der Waals surface area contributed by atoms with Crippen LogP contribution >= 0.6 is 0 Å². The van der Waals surface area contributed by atoms with Crippen LogP contribution < -0.4 is 21.7 Å². The Hall–Kier alpha value is -4.62. The average Bonchev–Trinajstić information content (AvgIpc) is 3.50. The van der Waals surface area contributed by atoms with Crippen molar-refractivity contribution in [2.75, 3.05) is 36.6 Å². The minimum Gasteiger partial charge on any atom is -0.397 e. The van der Waals surface area contributed by atoms with Crippen LogP contribution in [0.2, 0.25) is 0 Å². The molecule has 14 nitrogen and oxygen atoms in total. The van der Waals surface area contributed by atoms with Crippen molar-refractivity contribution in [1.29, 1.82) is 5.41 Å². The van der Waals surface area contributed by atoms with Crippen molar-refractivity contribution in [2.24, 2.45) is 12.8 Å². The number of hydrogen-bond acceptors (Lipinski definition) is 7. The van der Waals surface area contributed by atoms with Crippen LogP contribution in [0.25, 0.3) is 0 Å². The van der Waals surface area contributed by atoms with Crippen LogP contribution in [0.15, 0.2) is 36.8 Å². The van der Waals surface area contributed by atoms with Gasteiger partial charge in [-0.25, -0.2) is 9.59 Å². The van der Waals surface area contributed by atoms with Gasteiger partial charge in [-0.15, -0.1) is 5.10 Å². The summed E-state index contributed by atoms with van der Waals surface area (Å²) < 4.78 is 3.71. The van der Waals surface area contributed by atoms with Gasteiger partial charge < -0.3 is 21.7 Å². The van der Waals surface area contributed by atoms with E-state index in [-0.39, 0.29) is 36.1 Å². The molecule has 0 spiro atoms. The normalized spacial score (nSPS) is 10.6. The van der Waals surface area contributed by atoms with Crippen molar-refractivity contribution in [3.63, 3.8) is 0 Å². The lowest BCUT2D eigenvalue weighted by Gasteiger charge is -2.15. The number of nitrogens with one attached hydrogen (secondary N) is 2. The van der Waals surface area contributed by atoms with E-state index in [1.165, 1.54) is 56.8 Å². The lowest BCUT2D eigenvalue weighted by Crippen LogP contribution is -2.34. The molecule has 6 N–H and O–H groups in total. The predicted molar refractivity (Wildman–Crippen MR) is 121 cm³/mol. The molecule has 0 saturated carbocycles. The zero-order valence-electron chi connectivity index (χ0n) is 18.4. The van der Waals surface area contributed by atoms with Gasteiger partial charge in [0.2, 0.25) is 0 Å². The zero-order chi connectivity index (χ0) is 24.3. The Morgan fingerprint density at radius 3 is 2.52 bits per heavy atom. The van der Waals surface area contributed by atoms with Gasteiger partial charge in [0.15, 0.2) is 11.6 Å². The fraction of sp³-hybridized carbons (Fsp3) is 0.263. The van der Waals surface area contributed by atoms with E-state index in [9.17, 15) is 14.4 Å². The van der Waals surface area contributed by atoms with E-state index in [0.717, 1.165) is 4.68 Å². The molecule has 0 saturated heterocycles. The largest absolute Gasteiger partial charge is 0.397 e. The molecule has 3 heterocycles. The molecule has 0 atom stereocenters. The predicted octanol–water partition coefficient (Wildman–Crippen LogP) is 0.583. The molecular weight excluding hydrogens is 430 g/mol. The third-order valence-corrected chi connectivity index (χ3v) is 4.74. The lowest BCUT2D eigenvalue weighted by atomic mass is 10.3. The monoisotopic (exact) mass is 455 g/mol. The van der Waals surface area contributed by atoms with E-state index < -0.39 is 18.0 Å². The highest BCUT2D eigenvalue weighted by atomic mass is 16.2. The summed E-state index contributed by atoms with van der Waals surface area (Å²) in [6.07, 6.45) is 4.65. The van der Waals surface area contributed by atoms with Gasteiger partial charge in [-0.05, 0) is 6.07 Å². The number of carbonyl (C=O) groups excluding carboxylic acids is 3. The fourth-order valence-electron chi connectivity index (χ4n) is 2.87. The van der Waals surface area contributed by atoms with E-state index in [0.29, 0.717) is 5.69 Å². The van der Waals surface area contributed by atoms with E-state index >= 15 is 0 Å². The number of aromatic nitrogens is 5. The van der Waals surface area contributed by atoms with E-state index in [2.05, 4.69) is 15.5 Å². The maximum absolute atomic E-state index is 12.7. The summed E-state index contributed by atoms with van der Waals surface area (Å²) in [4.78, 5) is 40.3. The molecule has 0 aliphatic heterocycles. The third-order valence-electron chi connectivity index (χ3n) is 4.74. The molecule has 14 heteroatoms. The standard InChI is InChI=1S/C19H25N11O3/c1-26(7-5-14(21)22)18(32)30-9-6-15(24-30)23-17(31)13-10-16(25-28(13)3)27(2)19(33)29-8-4-12(20)11-29/h4,6,8-11H,5,7,20H2,1-3H3,(H3,21,22)(H,23,24,31). The molecule has 3 amide bonds. The van der Waals surface area contributed by atoms with Gasteiger partial charge in [-0.3, -0.25) is 24.4 Å². The molecule has 0 aromatic carbocycles. The van der Waals surface area contributed by atoms with Crippen LogP contribution in [0.4, 0.5) is 26.9 Å². The maximum atomic E-state index is 12.7. The number of anilines is 3. The molecule has 0 fully saturated rings. The smallest absolute Gasteiger partial charge is 0.344 e. The molecule has 0 radical (unpaired) electrons. The Morgan fingerprint density at radius 2 is 1.88 bits per heavy atom. The van der Waals surface area contributed by atoms with E-state index in [4.69, 9.17) is 16.9 Å². The Kier molecular flexibility index (Phi) is 6.46. The maximum Gasteiger partial charge on any atom is 0.344 e. The number of carbonyl (C=O) groups is 3. The van der Waals surface area contributed by atoms with Crippen molar-refractivity contribution in [2.45, 2.75) is 6.42 Å². The highest BCUT2D eigenvalue weighted by molar-refractivity contribution is 6.04. The number of aryl methyl sites for hydroxylation is 1. The number of nitrogens with zero attached hydrogens (tertiary/aromatic N) is 7. The molecule has 0 aliphatic carbocycles. The molecule has 0 unspecified atom stereocenters. The number of amidine groups is 1. The fourth-order valence-corrected chi connectivity index (χ4v) is 2.87. The number of nitrogens with two attached hydrogens (primary N) is 2. The van der Waals surface area contributed by atoms with Crippen molar-refractivity contribution >= 4 is 41.1 Å². The van der Waals surface area contributed by atoms with Crippen molar-refractivity contribution in [3.8, 4) is 0 Å². The molecule has 3 aromatic heterocycles. The van der Waals surface area contributed by atoms with Crippen LogP contribution in [-0.4, -0.2) is 73.5 Å². The number of hydrogen-bond donors (Lipinski definition) is 4. The van der Waals surface area contributed by atoms with Crippen molar-refractivity contribution in [3.05, 3.63) is 42.5 Å². The second-order valence-corrected chi connectivity index (χ2v) is 7.28. The summed E-state index contributed by atoms with van der Waals surface area (Å²) in [5.41, 5.74) is 11.6. The summed E-state index contributed by atoms with van der Waals surface area (Å²) in [5.74, 6) is -0.135. The van der Waals surface area contributed by atoms with Gasteiger partial charge in [-0.2, -0.15) is 9.78 Å². The first kappa shape index (κ1) is 23.1. The average molecular weight is 455 g/mol. The minimum absolute atomic E-state index is 0.0246. The first-order chi connectivity index (χ1) is 15.6. The van der Waals surface area contributed by atoms with Crippen LogP contribution in [0.5, 0.6) is 0 Å². The van der Waals surface area contributed by atoms with Gasteiger partial charge in [0.1, 0.15) is 5.69 Å². The highest BCUT2D eigenvalue weighted by Crippen LogP contribution is 2.16. The molecule has 3 rings (SSSR count). The molecule has 174 valence electrons. The van der Waals surface area contributed by atoms with Crippen molar-refractivity contribution < 1.29 is 14.4 Å². The number of amides is 3. The summed E-state index contributed by atoms with van der Waals surface area (Å²) in [5, 5.41) is 18.1. The summed E-state index contributed by atoms with van der Waals surface area (Å²) in [6.45, 7) is 0.259. The Balaban J connectivity index is 1.68. The SMILES string of the molecule is CN(CCC(=N)N)C(=O)n1ccc(NC(=O)c2cc(N(C)C(=O)n3ccc(N)c3)nn2C)n1. The quantitative estimate of drug-likeness (QED) is 0.309. The second-order valence-electron chi connectivity index (χ2n) is 7.28. The third kappa shape index (κ3) is 5.17. The van der Waals surface area contributed by atoms with Crippen LogP contribution in [0.3, 0.4) is 0 Å². The summed E-state index contributed by atoms with van der Waals surface area (Å²) in [7, 11) is 4.65. The number of rotatable bonds is 6. The Labute approximate surface area is 188 Å². The van der Waals surface area contributed by atoms with Crippen LogP contribution in [0, 0.1) is 5.41 Å². The first-order valence-electron chi connectivity index (χ1n) is 9.77. The lowest BCUT2D eigenvalue weighted by molar-refractivity contribution is 0.101. The zero-order valence-corrected chi connectivity index (χ0v) is 18.4. The van der Waals surface area contributed by atoms with E-state index in [1.807, 2.05) is 0 Å². The van der Waals surface area contributed by atoms with Gasteiger partial charge >= 0.3 is 12.1 Å². The van der Waals surface area contributed by atoms with Crippen molar-refractivity contribution in [1.82, 2.24) is 29.0 Å². The second kappa shape index (κ2) is 9.25. The summed E-state index contributed by atoms with van der Waals surface area (Å²) in [6, 6.07) is 3.68. The first-order valence-corrected chi connectivity index (χ1v) is 9.77. The molecule has 0 aliphatic rings. The Bertz CT molecular complexity index is 1210. The molecular formula is C19H25N11O3.